The van der Waals surface area contributed by atoms with Crippen molar-refractivity contribution < 1.29 is 51.0 Å². The van der Waals surface area contributed by atoms with Crippen LogP contribution in [0.1, 0.15) is 148 Å². The minimum atomic E-state index is -4.35. The summed E-state index contributed by atoms with van der Waals surface area (Å²) in [6.45, 7) is 6.42. The molecule has 3 aromatic carbocycles. The van der Waals surface area contributed by atoms with E-state index < -0.39 is 74.1 Å². The number of rotatable bonds is 15. The number of carbonyl (C=O) groups is 6. The fraction of sp³-hybridized carbons (Fsp3) is 0.559. The molecule has 2 bridgehead atoms. The van der Waals surface area contributed by atoms with Gasteiger partial charge in [-0.15, -0.1) is 0 Å². The van der Waals surface area contributed by atoms with Gasteiger partial charge in [0.15, 0.2) is 0 Å². The second kappa shape index (κ2) is 23.0. The normalized spacial score (nSPS) is 23.1. The maximum atomic E-state index is 15.3. The van der Waals surface area contributed by atoms with Gasteiger partial charge in [-0.2, -0.15) is 5.10 Å². The van der Waals surface area contributed by atoms with Gasteiger partial charge in [0.25, 0.3) is 23.3 Å². The highest BCUT2D eigenvalue weighted by Gasteiger charge is 2.56. The van der Waals surface area contributed by atoms with Crippen LogP contribution in [0.3, 0.4) is 0 Å². The zero-order chi connectivity index (χ0) is 56.6. The number of ether oxygens (including phenoxy) is 2. The number of hydrogen-bond donors (Lipinski definition) is 3. The summed E-state index contributed by atoms with van der Waals surface area (Å²) in [5.41, 5.74) is -1.15. The lowest BCUT2D eigenvalue weighted by atomic mass is 9.71. The van der Waals surface area contributed by atoms with Crippen LogP contribution in [0.5, 0.6) is 0 Å². The summed E-state index contributed by atoms with van der Waals surface area (Å²) in [5.74, 6) is -3.37. The zero-order valence-electron chi connectivity index (χ0n) is 45.9. The van der Waals surface area contributed by atoms with Gasteiger partial charge in [-0.1, -0.05) is 55.7 Å². The maximum Gasteiger partial charge on any atom is 0.411 e. The van der Waals surface area contributed by atoms with Gasteiger partial charge >= 0.3 is 6.09 Å². The lowest BCUT2D eigenvalue weighted by Gasteiger charge is -2.56. The van der Waals surface area contributed by atoms with Crippen LogP contribution >= 0.6 is 0 Å². The fourth-order valence-corrected chi connectivity index (χ4v) is 14.2. The van der Waals surface area contributed by atoms with Crippen molar-refractivity contribution in [2.75, 3.05) is 58.2 Å². The molecule has 3 saturated carbocycles. The van der Waals surface area contributed by atoms with Gasteiger partial charge in [-0.05, 0) is 132 Å². The zero-order valence-corrected chi connectivity index (χ0v) is 46.8. The van der Waals surface area contributed by atoms with Crippen LogP contribution in [-0.2, 0) is 40.3 Å². The number of nitrogens with one attached hydrogen (secondary N) is 3. The molecule has 11 rings (SSSR count). The lowest BCUT2D eigenvalue weighted by Crippen LogP contribution is -2.67. The van der Waals surface area contributed by atoms with E-state index >= 15 is 4.39 Å². The number of piperidine rings is 1. The summed E-state index contributed by atoms with van der Waals surface area (Å²) in [6, 6.07) is 17.4. The third kappa shape index (κ3) is 12.7. The number of likely N-dealkylation sites (tertiary alicyclic amines) is 1. The number of hydrogen-bond acceptors (Lipinski definition) is 12. The Morgan fingerprint density at radius 2 is 1.55 bits per heavy atom. The van der Waals surface area contributed by atoms with Crippen LogP contribution in [-0.4, -0.2) is 155 Å². The fourth-order valence-electron chi connectivity index (χ4n) is 12.6. The summed E-state index contributed by atoms with van der Waals surface area (Å²) >= 11 is 0. The third-order valence-electron chi connectivity index (χ3n) is 17.2. The quantitative estimate of drug-likeness (QED) is 0.121. The summed E-state index contributed by atoms with van der Waals surface area (Å²) < 4.78 is 58.2. The highest BCUT2D eigenvalue weighted by molar-refractivity contribution is 7.90. The highest BCUT2D eigenvalue weighted by Crippen LogP contribution is 2.48. The average molecular weight is 1120 g/mol. The van der Waals surface area contributed by atoms with E-state index in [1.807, 2.05) is 17.0 Å². The Hall–Kier alpha value is -6.74. The van der Waals surface area contributed by atoms with E-state index in [1.165, 1.54) is 21.9 Å². The number of nitrogens with zero attached hydrogens (tertiary/aromatic N) is 5. The molecule has 0 radical (unpaired) electrons. The van der Waals surface area contributed by atoms with Gasteiger partial charge < -0.3 is 29.5 Å². The van der Waals surface area contributed by atoms with Crippen LogP contribution in [0.25, 0.3) is 10.8 Å². The molecule has 21 heteroatoms. The molecular weight excluding hydrogens is 1050 g/mol. The van der Waals surface area contributed by atoms with Crippen LogP contribution in [0.2, 0.25) is 0 Å². The van der Waals surface area contributed by atoms with Gasteiger partial charge in [0.1, 0.15) is 24.0 Å². The molecule has 19 nitrogen and oxygen atoms in total. The van der Waals surface area contributed by atoms with E-state index in [0.29, 0.717) is 47.0 Å². The van der Waals surface area contributed by atoms with Crippen LogP contribution in [0, 0.1) is 17.7 Å². The van der Waals surface area contributed by atoms with Gasteiger partial charge in [0, 0.05) is 68.5 Å². The number of aromatic amines is 1. The topological polar surface area (TPSA) is 238 Å². The molecule has 0 spiro atoms. The third-order valence-corrected chi connectivity index (χ3v) is 18.6. The van der Waals surface area contributed by atoms with Crippen molar-refractivity contribution in [2.24, 2.45) is 11.8 Å². The van der Waals surface area contributed by atoms with Crippen LogP contribution < -0.4 is 15.6 Å². The van der Waals surface area contributed by atoms with Crippen LogP contribution in [0.15, 0.2) is 71.5 Å². The van der Waals surface area contributed by atoms with Crippen molar-refractivity contribution in [1.82, 2.24) is 39.8 Å². The Morgan fingerprint density at radius 3 is 2.24 bits per heavy atom. The first-order chi connectivity index (χ1) is 38.2. The van der Waals surface area contributed by atoms with Crippen LogP contribution in [0.4, 0.5) is 9.18 Å². The summed E-state index contributed by atoms with van der Waals surface area (Å²) in [5, 5.41) is 10.8. The first-order valence-corrected chi connectivity index (χ1v) is 30.0. The minimum absolute atomic E-state index is 0.0677. The van der Waals surface area contributed by atoms with Gasteiger partial charge in [-0.3, -0.25) is 38.4 Å². The number of aromatic nitrogens is 2. The summed E-state index contributed by atoms with van der Waals surface area (Å²) in [4.78, 5) is 102. The first kappa shape index (κ1) is 56.5. The Morgan fingerprint density at radius 1 is 0.838 bits per heavy atom. The van der Waals surface area contributed by atoms with Crippen molar-refractivity contribution in [2.45, 2.75) is 139 Å². The molecule has 4 saturated heterocycles. The number of piperazine rings is 1. The first-order valence-electron chi connectivity index (χ1n) is 28.4. The van der Waals surface area contributed by atoms with E-state index in [-0.39, 0.29) is 106 Å². The standard InChI is InChI=1S/C59H73FN8O11S/c1-57(2,3)79-56(75)68(35-49(69)65-27-29-66(30-28-65)55(74)46-31-38(18-21-47(46)60)32-48-44-16-7-8-17-45(44)52(71)63-62-48)58-22-24-59(25-23-58,78-36-58)37-80(76,77)64-53(72)50(39-11-5-4-6-12-39)61-51(70)42-14-9-13-41(33-42)43-15-10-26-67(34-43)54(73)40-19-20-40/h7-9,13-14,16-18,21,31,33,39-40,43,50H,4-6,10-12,15,19-20,22-30,32,34-37H2,1-3H3,(H,61,70)(H,63,71)(H,64,72)/t43-,50?,58?,59?/m0/s1. The molecule has 3 aliphatic carbocycles. The number of halogens is 1. The van der Waals surface area contributed by atoms with Crippen molar-refractivity contribution in [3.05, 3.63) is 111 Å². The van der Waals surface area contributed by atoms with Gasteiger partial charge in [0.2, 0.25) is 21.8 Å². The van der Waals surface area contributed by atoms with Crippen molar-refractivity contribution >= 4 is 56.4 Å². The summed E-state index contributed by atoms with van der Waals surface area (Å²) in [7, 11) is -4.35. The SMILES string of the molecule is CC(C)(C)OC(=O)N(CC(=O)N1CCN(C(=O)c2cc(Cc3n[nH]c(=O)c4ccccc34)ccc2F)CC1)C12CCC(CS(=O)(=O)NC(=O)C(NC(=O)c3cccc([C@H]4CCCN(C(=O)C5CC5)C4)c3)C3CCCCC3)(CC1)OC2. The number of sulfonamides is 1. The van der Waals surface area contributed by atoms with E-state index in [2.05, 4.69) is 20.2 Å². The smallest absolute Gasteiger partial charge is 0.411 e. The molecule has 428 valence electrons. The average Bonchev–Trinajstić information content (AvgIpc) is 4.45. The molecule has 1 unspecified atom stereocenters. The predicted octanol–water partition coefficient (Wildman–Crippen LogP) is 6.20. The number of carbonyl (C=O) groups excluding carboxylic acids is 6. The number of benzene rings is 3. The molecule has 2 atom stereocenters. The Labute approximate surface area is 465 Å². The molecule has 4 aromatic rings. The number of H-pyrrole nitrogens is 1. The van der Waals surface area contributed by atoms with Crippen molar-refractivity contribution in [1.29, 1.82) is 0 Å². The molecule has 6 amide bonds. The Balaban J connectivity index is 0.760. The molecule has 7 fully saturated rings. The van der Waals surface area contributed by atoms with Gasteiger partial charge in [-0.25, -0.2) is 22.7 Å². The Kier molecular flexibility index (Phi) is 16.3. The summed E-state index contributed by atoms with van der Waals surface area (Å²) in [6.07, 6.45) is 7.99. The molecule has 7 aliphatic rings. The van der Waals surface area contributed by atoms with Gasteiger partial charge in [0.05, 0.1) is 40.1 Å². The predicted molar refractivity (Wildman–Crippen MR) is 294 cm³/mol. The molecule has 4 aliphatic heterocycles. The largest absolute Gasteiger partial charge is 0.444 e. The monoisotopic (exact) mass is 1120 g/mol. The molecule has 5 heterocycles. The molecule has 3 N–H and O–H groups in total. The van der Waals surface area contributed by atoms with E-state index in [0.717, 1.165) is 57.1 Å². The molecule has 1 aromatic heterocycles. The lowest BCUT2D eigenvalue weighted by molar-refractivity contribution is -0.181. The second-order valence-electron chi connectivity index (χ2n) is 24.1. The molecule has 80 heavy (non-hydrogen) atoms. The van der Waals surface area contributed by atoms with E-state index in [4.69, 9.17) is 9.47 Å². The number of amides is 6. The number of fused-ring (bicyclic) bond motifs is 4. The Bertz CT molecular complexity index is 3190. The van der Waals surface area contributed by atoms with E-state index in [9.17, 15) is 42.0 Å². The minimum Gasteiger partial charge on any atom is -0.444 e. The van der Waals surface area contributed by atoms with Crippen molar-refractivity contribution in [3.63, 3.8) is 0 Å². The van der Waals surface area contributed by atoms with E-state index in [1.54, 1.807) is 68.1 Å². The van der Waals surface area contributed by atoms with Crippen molar-refractivity contribution in [3.8, 4) is 0 Å². The highest BCUT2D eigenvalue weighted by atomic mass is 32.2. The second-order valence-corrected chi connectivity index (χ2v) is 25.8. The maximum absolute atomic E-state index is 15.3. The molecular formula is C59H73FN8O11S.